The van der Waals surface area contributed by atoms with Gasteiger partial charge in [0.25, 0.3) is 0 Å². The normalized spacial score (nSPS) is 19.5. The summed E-state index contributed by atoms with van der Waals surface area (Å²) >= 11 is 0. The van der Waals surface area contributed by atoms with E-state index in [0.29, 0.717) is 6.20 Å². The van der Waals surface area contributed by atoms with Crippen LogP contribution in [-0.4, -0.2) is 28.0 Å². The predicted octanol–water partition coefficient (Wildman–Crippen LogP) is 1.99. The number of alkyl halides is 3. The van der Waals surface area contributed by atoms with E-state index < -0.39 is 29.7 Å². The van der Waals surface area contributed by atoms with Crippen LogP contribution in [0.3, 0.4) is 0 Å². The van der Waals surface area contributed by atoms with E-state index in [1.807, 2.05) is 0 Å². The fourth-order valence-electron chi connectivity index (χ4n) is 2.16. The Morgan fingerprint density at radius 1 is 1.50 bits per heavy atom. The van der Waals surface area contributed by atoms with Crippen LogP contribution in [0.4, 0.5) is 19.0 Å². The van der Waals surface area contributed by atoms with Gasteiger partial charge < -0.3 is 5.11 Å². The lowest BCUT2D eigenvalue weighted by molar-refractivity contribution is -0.139. The van der Waals surface area contributed by atoms with E-state index in [4.69, 9.17) is 5.11 Å². The molecule has 1 saturated heterocycles. The summed E-state index contributed by atoms with van der Waals surface area (Å²) < 4.78 is 37.6. The van der Waals surface area contributed by atoms with Crippen molar-refractivity contribution in [3.63, 3.8) is 0 Å². The Balaban J connectivity index is 2.42. The Morgan fingerprint density at radius 3 is 2.65 bits per heavy atom. The van der Waals surface area contributed by atoms with Gasteiger partial charge in [0.2, 0.25) is 5.91 Å². The van der Waals surface area contributed by atoms with Crippen LogP contribution in [0.25, 0.3) is 0 Å². The van der Waals surface area contributed by atoms with Crippen LogP contribution >= 0.6 is 0 Å². The van der Waals surface area contributed by atoms with E-state index in [2.05, 4.69) is 4.98 Å². The summed E-state index contributed by atoms with van der Waals surface area (Å²) in [7, 11) is 0. The van der Waals surface area contributed by atoms with Crippen molar-refractivity contribution < 1.29 is 27.9 Å². The predicted molar refractivity (Wildman–Crippen MR) is 62.1 cm³/mol. The number of hydrogen-bond acceptors (Lipinski definition) is 3. The maximum atomic E-state index is 12.5. The Hall–Kier alpha value is -2.12. The molecule has 0 saturated carbocycles. The summed E-state index contributed by atoms with van der Waals surface area (Å²) in [5.41, 5.74) is -0.821. The van der Waals surface area contributed by atoms with Crippen molar-refractivity contribution in [3.05, 3.63) is 23.4 Å². The number of rotatable bonds is 2. The van der Waals surface area contributed by atoms with Gasteiger partial charge in [0.05, 0.1) is 5.56 Å². The number of hydrogen-bond donors (Lipinski definition) is 1. The molecule has 108 valence electrons. The lowest BCUT2D eigenvalue weighted by Gasteiger charge is -2.22. The summed E-state index contributed by atoms with van der Waals surface area (Å²) in [6.07, 6.45) is -3.76. The molecule has 0 aliphatic carbocycles. The Labute approximate surface area is 112 Å². The van der Waals surface area contributed by atoms with E-state index in [9.17, 15) is 22.8 Å². The summed E-state index contributed by atoms with van der Waals surface area (Å²) in [6, 6.07) is -0.224. The first kappa shape index (κ1) is 14.3. The van der Waals surface area contributed by atoms with Crippen molar-refractivity contribution in [1.82, 2.24) is 4.98 Å². The largest absolute Gasteiger partial charge is 0.480 e. The smallest absolute Gasteiger partial charge is 0.417 e. The number of carbonyl (C=O) groups is 2. The van der Waals surface area contributed by atoms with E-state index >= 15 is 0 Å². The minimum atomic E-state index is -4.53. The Morgan fingerprint density at radius 2 is 2.15 bits per heavy atom. The molecule has 0 aromatic carbocycles. The number of anilines is 1. The minimum absolute atomic E-state index is 0.0344. The lowest BCUT2D eigenvalue weighted by Crippen LogP contribution is -2.39. The number of carboxylic acid groups (broad SMARTS) is 1. The van der Waals surface area contributed by atoms with Gasteiger partial charge in [-0.05, 0) is 25.0 Å². The fourth-order valence-corrected chi connectivity index (χ4v) is 2.16. The van der Waals surface area contributed by atoms with Gasteiger partial charge in [-0.3, -0.25) is 9.69 Å². The van der Waals surface area contributed by atoms with Gasteiger partial charge in [-0.1, -0.05) is 0 Å². The molecule has 1 aliphatic rings. The molecule has 1 atom stereocenters. The maximum absolute atomic E-state index is 12.5. The van der Waals surface area contributed by atoms with Crippen molar-refractivity contribution in [3.8, 4) is 0 Å². The molecule has 0 bridgehead atoms. The molecule has 0 radical (unpaired) electrons. The van der Waals surface area contributed by atoms with Gasteiger partial charge in [0.1, 0.15) is 11.9 Å². The molecule has 1 N–H and O–H groups in total. The number of aliphatic carboxylic acids is 1. The van der Waals surface area contributed by atoms with Gasteiger partial charge in [-0.2, -0.15) is 13.2 Å². The highest BCUT2D eigenvalue weighted by Crippen LogP contribution is 2.33. The van der Waals surface area contributed by atoms with Crippen LogP contribution < -0.4 is 4.90 Å². The number of carbonyl (C=O) groups excluding carboxylic acids is 1. The quantitative estimate of drug-likeness (QED) is 0.903. The third-order valence-corrected chi connectivity index (χ3v) is 3.10. The third-order valence-electron chi connectivity index (χ3n) is 3.10. The number of nitrogens with zero attached hydrogens (tertiary/aromatic N) is 2. The lowest BCUT2D eigenvalue weighted by atomic mass is 10.1. The second-order valence-corrected chi connectivity index (χ2v) is 4.52. The zero-order chi connectivity index (χ0) is 15.1. The summed E-state index contributed by atoms with van der Waals surface area (Å²) in [6.45, 7) is 1.36. The summed E-state index contributed by atoms with van der Waals surface area (Å²) in [5.74, 6) is -1.68. The van der Waals surface area contributed by atoms with Gasteiger partial charge in [-0.25, -0.2) is 9.78 Å². The average molecular weight is 288 g/mol. The highest BCUT2D eigenvalue weighted by atomic mass is 19.4. The molecule has 2 heterocycles. The van der Waals surface area contributed by atoms with Crippen LogP contribution in [0.2, 0.25) is 0 Å². The maximum Gasteiger partial charge on any atom is 0.417 e. The van der Waals surface area contributed by atoms with E-state index in [-0.39, 0.29) is 24.2 Å². The molecule has 1 amide bonds. The van der Waals surface area contributed by atoms with Gasteiger partial charge in [-0.15, -0.1) is 0 Å². The van der Waals surface area contributed by atoms with Crippen molar-refractivity contribution >= 4 is 17.7 Å². The first-order chi connectivity index (χ1) is 9.21. The topological polar surface area (TPSA) is 70.5 Å². The first-order valence-electron chi connectivity index (χ1n) is 5.80. The number of aromatic nitrogens is 1. The molecular formula is C12H11F3N2O3. The molecule has 0 spiro atoms. The van der Waals surface area contributed by atoms with Gasteiger partial charge in [0, 0.05) is 12.6 Å². The van der Waals surface area contributed by atoms with Gasteiger partial charge in [0.15, 0.2) is 0 Å². The highest BCUT2D eigenvalue weighted by Gasteiger charge is 2.39. The van der Waals surface area contributed by atoms with Crippen LogP contribution in [0.5, 0.6) is 0 Å². The van der Waals surface area contributed by atoms with Gasteiger partial charge >= 0.3 is 12.1 Å². The molecular weight excluding hydrogens is 277 g/mol. The zero-order valence-electron chi connectivity index (χ0n) is 10.4. The van der Waals surface area contributed by atoms with Crippen molar-refractivity contribution in [2.24, 2.45) is 0 Å². The molecule has 0 unspecified atom stereocenters. The Bertz CT molecular complexity index is 572. The molecule has 1 aromatic heterocycles. The number of pyridine rings is 1. The number of halogens is 3. The minimum Gasteiger partial charge on any atom is -0.480 e. The van der Waals surface area contributed by atoms with E-state index in [1.54, 1.807) is 0 Å². The number of amides is 1. The van der Waals surface area contributed by atoms with Crippen molar-refractivity contribution in [2.75, 3.05) is 4.90 Å². The Kier molecular flexibility index (Phi) is 3.41. The highest BCUT2D eigenvalue weighted by molar-refractivity contribution is 6.01. The second kappa shape index (κ2) is 4.77. The van der Waals surface area contributed by atoms with Crippen LogP contribution in [0, 0.1) is 6.92 Å². The van der Waals surface area contributed by atoms with E-state index in [1.165, 1.54) is 6.92 Å². The van der Waals surface area contributed by atoms with E-state index in [0.717, 1.165) is 11.0 Å². The van der Waals surface area contributed by atoms with Crippen LogP contribution in [-0.2, 0) is 15.8 Å². The summed E-state index contributed by atoms with van der Waals surface area (Å²) in [5, 5.41) is 9.04. The van der Waals surface area contributed by atoms with Crippen LogP contribution in [0.1, 0.15) is 24.0 Å². The molecule has 8 heteroatoms. The number of aryl methyl sites for hydroxylation is 1. The zero-order valence-corrected chi connectivity index (χ0v) is 10.4. The van der Waals surface area contributed by atoms with Crippen LogP contribution in [0.15, 0.2) is 12.3 Å². The molecule has 2 rings (SSSR count). The molecule has 20 heavy (non-hydrogen) atoms. The SMILES string of the molecule is Cc1cc(C(F)(F)F)cnc1N1C(=O)CC[C@H]1C(=O)O. The fraction of sp³-hybridized carbons (Fsp3) is 0.417. The third kappa shape index (κ3) is 2.45. The first-order valence-corrected chi connectivity index (χ1v) is 5.80. The standard InChI is InChI=1S/C12H11F3N2O3/c1-6-4-7(12(13,14)15)5-16-10(6)17-8(11(19)20)2-3-9(17)18/h4-5,8H,2-3H2,1H3,(H,19,20)/t8-/m0/s1. The van der Waals surface area contributed by atoms with Crippen molar-refractivity contribution in [2.45, 2.75) is 32.0 Å². The molecule has 5 nitrogen and oxygen atoms in total. The molecule has 1 aromatic rings. The summed E-state index contributed by atoms with van der Waals surface area (Å²) in [4.78, 5) is 27.4. The second-order valence-electron chi connectivity index (χ2n) is 4.52. The molecule has 1 aliphatic heterocycles. The monoisotopic (exact) mass is 288 g/mol. The number of carboxylic acids is 1. The average Bonchev–Trinajstić information content (AvgIpc) is 2.70. The molecule has 1 fully saturated rings. The van der Waals surface area contributed by atoms with Crippen molar-refractivity contribution in [1.29, 1.82) is 0 Å².